The topological polar surface area (TPSA) is 50.1 Å². The fraction of sp³-hybridized carbons (Fsp3) is 0.481. The van der Waals surface area contributed by atoms with Crippen LogP contribution in [0.2, 0.25) is 0 Å². The van der Waals surface area contributed by atoms with Crippen molar-refractivity contribution in [2.75, 3.05) is 13.6 Å². The highest BCUT2D eigenvalue weighted by molar-refractivity contribution is 5.41. The standard InChI is InChI=1S/C27H42FN3/c1-7-11-23(27(5)18-17-24(28)19-21(27)3)16-15-22(4)31-26(12-8-2)14-10-9-13-25(29)20-30-6/h8-11,14-17,19,22,25,30-31H,2,7,12-13,18,20,29H2,1,3-6H3/b10-9-,16-15-,23-11+,26-14+. The van der Waals surface area contributed by atoms with Gasteiger partial charge in [0, 0.05) is 36.2 Å². The molecule has 0 spiro atoms. The lowest BCUT2D eigenvalue weighted by Gasteiger charge is -2.34. The predicted molar refractivity (Wildman–Crippen MR) is 134 cm³/mol. The minimum absolute atomic E-state index is 0.123. The molecular formula is C27H42FN3. The van der Waals surface area contributed by atoms with Gasteiger partial charge < -0.3 is 16.4 Å². The van der Waals surface area contributed by atoms with Gasteiger partial charge in [-0.25, -0.2) is 4.39 Å². The van der Waals surface area contributed by atoms with Crippen LogP contribution < -0.4 is 16.4 Å². The molecule has 172 valence electrons. The quantitative estimate of drug-likeness (QED) is 0.249. The molecule has 3 atom stereocenters. The summed E-state index contributed by atoms with van der Waals surface area (Å²) >= 11 is 0. The Morgan fingerprint density at radius 3 is 2.77 bits per heavy atom. The highest BCUT2D eigenvalue weighted by Gasteiger charge is 2.31. The van der Waals surface area contributed by atoms with Crippen molar-refractivity contribution in [2.24, 2.45) is 11.1 Å². The molecule has 4 heteroatoms. The zero-order chi connectivity index (χ0) is 23.3. The lowest BCUT2D eigenvalue weighted by molar-refractivity contribution is 0.472. The van der Waals surface area contributed by atoms with Crippen molar-refractivity contribution >= 4 is 0 Å². The monoisotopic (exact) mass is 427 g/mol. The van der Waals surface area contributed by atoms with Crippen molar-refractivity contribution in [2.45, 2.75) is 65.5 Å². The first-order valence-corrected chi connectivity index (χ1v) is 11.3. The highest BCUT2D eigenvalue weighted by Crippen LogP contribution is 2.43. The Bertz CT molecular complexity index is 754. The van der Waals surface area contributed by atoms with Gasteiger partial charge in [0.1, 0.15) is 5.83 Å². The molecule has 1 aliphatic rings. The summed E-state index contributed by atoms with van der Waals surface area (Å²) in [5.41, 5.74) is 9.24. The molecule has 0 aromatic carbocycles. The molecule has 0 aromatic rings. The molecule has 4 N–H and O–H groups in total. The third kappa shape index (κ3) is 9.24. The van der Waals surface area contributed by atoms with Crippen LogP contribution >= 0.6 is 0 Å². The summed E-state index contributed by atoms with van der Waals surface area (Å²) in [6, 6.07) is 0.272. The van der Waals surface area contributed by atoms with E-state index in [9.17, 15) is 4.39 Å². The molecule has 0 aromatic heterocycles. The average Bonchev–Trinajstić information content (AvgIpc) is 2.71. The van der Waals surface area contributed by atoms with Crippen LogP contribution in [0.3, 0.4) is 0 Å². The normalized spacial score (nSPS) is 22.4. The number of halogens is 1. The summed E-state index contributed by atoms with van der Waals surface area (Å²) in [6.45, 7) is 13.2. The minimum atomic E-state index is -0.170. The SMILES string of the molecule is C=CC/C(=C\C=C/CC(N)CNC)NC(C)/C=C\C(=C/CC)C1(C)CC=C(F)C=C1C. The number of hydrogen-bond acceptors (Lipinski definition) is 3. The van der Waals surface area contributed by atoms with E-state index in [4.69, 9.17) is 5.73 Å². The van der Waals surface area contributed by atoms with Crippen molar-refractivity contribution in [3.8, 4) is 0 Å². The number of likely N-dealkylation sites (N-methyl/N-ethyl adjacent to an activating group) is 1. The first-order chi connectivity index (χ1) is 14.8. The van der Waals surface area contributed by atoms with Crippen LogP contribution in [0.5, 0.6) is 0 Å². The maximum atomic E-state index is 13.7. The molecule has 0 saturated heterocycles. The van der Waals surface area contributed by atoms with E-state index in [1.807, 2.05) is 20.0 Å². The smallest absolute Gasteiger partial charge is 0.119 e. The van der Waals surface area contributed by atoms with E-state index in [-0.39, 0.29) is 23.3 Å². The van der Waals surface area contributed by atoms with E-state index >= 15 is 0 Å². The average molecular weight is 428 g/mol. The lowest BCUT2D eigenvalue weighted by Crippen LogP contribution is -2.31. The summed E-state index contributed by atoms with van der Waals surface area (Å²) < 4.78 is 13.7. The Balaban J connectivity index is 2.85. The first-order valence-electron chi connectivity index (χ1n) is 11.3. The van der Waals surface area contributed by atoms with Crippen LogP contribution in [0.25, 0.3) is 0 Å². The van der Waals surface area contributed by atoms with Gasteiger partial charge in [0.05, 0.1) is 0 Å². The second-order valence-corrected chi connectivity index (χ2v) is 8.48. The molecule has 0 bridgehead atoms. The fourth-order valence-corrected chi connectivity index (χ4v) is 3.63. The van der Waals surface area contributed by atoms with Gasteiger partial charge in [-0.3, -0.25) is 0 Å². The van der Waals surface area contributed by atoms with Crippen LogP contribution in [0, 0.1) is 5.41 Å². The Kier molecular flexibility index (Phi) is 12.1. The van der Waals surface area contributed by atoms with E-state index in [1.165, 1.54) is 5.57 Å². The maximum Gasteiger partial charge on any atom is 0.119 e. The molecule has 0 aliphatic heterocycles. The molecule has 0 amide bonds. The number of rotatable bonds is 13. The molecular weight excluding hydrogens is 385 g/mol. The zero-order valence-electron chi connectivity index (χ0n) is 20.0. The number of allylic oxidation sites excluding steroid dienone is 10. The van der Waals surface area contributed by atoms with Crippen molar-refractivity contribution in [1.82, 2.24) is 10.6 Å². The molecule has 1 rings (SSSR count). The van der Waals surface area contributed by atoms with Gasteiger partial charge in [-0.05, 0) is 64.0 Å². The van der Waals surface area contributed by atoms with Crippen molar-refractivity contribution < 1.29 is 4.39 Å². The Hall–Kier alpha value is -2.17. The molecule has 0 heterocycles. The number of nitrogens with one attached hydrogen (secondary N) is 2. The van der Waals surface area contributed by atoms with Gasteiger partial charge in [-0.2, -0.15) is 0 Å². The second-order valence-electron chi connectivity index (χ2n) is 8.48. The zero-order valence-corrected chi connectivity index (χ0v) is 20.0. The van der Waals surface area contributed by atoms with Crippen LogP contribution in [-0.4, -0.2) is 25.7 Å². The van der Waals surface area contributed by atoms with Crippen molar-refractivity contribution in [3.63, 3.8) is 0 Å². The van der Waals surface area contributed by atoms with Gasteiger partial charge in [-0.15, -0.1) is 6.58 Å². The van der Waals surface area contributed by atoms with Gasteiger partial charge in [0.2, 0.25) is 0 Å². The summed E-state index contributed by atoms with van der Waals surface area (Å²) in [7, 11) is 1.91. The fourth-order valence-electron chi connectivity index (χ4n) is 3.63. The molecule has 1 aliphatic carbocycles. The predicted octanol–water partition coefficient (Wildman–Crippen LogP) is 6.02. The molecule has 3 unspecified atom stereocenters. The summed E-state index contributed by atoms with van der Waals surface area (Å²) in [5, 5.41) is 6.65. The van der Waals surface area contributed by atoms with E-state index in [0.29, 0.717) is 6.42 Å². The van der Waals surface area contributed by atoms with E-state index in [1.54, 1.807) is 12.2 Å². The highest BCUT2D eigenvalue weighted by atomic mass is 19.1. The van der Waals surface area contributed by atoms with Crippen LogP contribution in [-0.2, 0) is 0 Å². The van der Waals surface area contributed by atoms with E-state index in [2.05, 4.69) is 74.4 Å². The van der Waals surface area contributed by atoms with Gasteiger partial charge >= 0.3 is 0 Å². The number of nitrogens with two attached hydrogens (primary N) is 1. The Morgan fingerprint density at radius 1 is 1.42 bits per heavy atom. The molecule has 3 nitrogen and oxygen atoms in total. The molecule has 0 saturated carbocycles. The van der Waals surface area contributed by atoms with Crippen LogP contribution in [0.4, 0.5) is 4.39 Å². The Labute approximate surface area is 189 Å². The lowest BCUT2D eigenvalue weighted by atomic mass is 9.70. The number of hydrogen-bond donors (Lipinski definition) is 3. The van der Waals surface area contributed by atoms with Crippen LogP contribution in [0.1, 0.15) is 53.4 Å². The van der Waals surface area contributed by atoms with Gasteiger partial charge in [0.15, 0.2) is 0 Å². The van der Waals surface area contributed by atoms with Crippen molar-refractivity contribution in [3.05, 3.63) is 83.9 Å². The maximum absolute atomic E-state index is 13.7. The van der Waals surface area contributed by atoms with Crippen LogP contribution in [0.15, 0.2) is 83.9 Å². The van der Waals surface area contributed by atoms with Crippen molar-refractivity contribution in [1.29, 1.82) is 0 Å². The third-order valence-corrected chi connectivity index (χ3v) is 5.67. The van der Waals surface area contributed by atoms with E-state index < -0.39 is 0 Å². The molecule has 0 radical (unpaired) electrons. The third-order valence-electron chi connectivity index (χ3n) is 5.67. The van der Waals surface area contributed by atoms with E-state index in [0.717, 1.165) is 37.1 Å². The largest absolute Gasteiger partial charge is 0.382 e. The molecule has 31 heavy (non-hydrogen) atoms. The second kappa shape index (κ2) is 14.0. The van der Waals surface area contributed by atoms with Gasteiger partial charge in [0.25, 0.3) is 0 Å². The van der Waals surface area contributed by atoms with Gasteiger partial charge in [-0.1, -0.05) is 55.9 Å². The Morgan fingerprint density at radius 2 is 2.16 bits per heavy atom. The first kappa shape index (κ1) is 26.9. The summed E-state index contributed by atoms with van der Waals surface area (Å²) in [6.07, 6.45) is 21.3. The summed E-state index contributed by atoms with van der Waals surface area (Å²) in [5.74, 6) is -0.135. The summed E-state index contributed by atoms with van der Waals surface area (Å²) in [4.78, 5) is 0. The molecule has 0 fully saturated rings. The minimum Gasteiger partial charge on any atom is -0.382 e.